The number of carbonyl (C=O) groups excluding carboxylic acids is 2. The van der Waals surface area contributed by atoms with E-state index in [0.29, 0.717) is 5.75 Å². The second kappa shape index (κ2) is 11.6. The zero-order valence-electron chi connectivity index (χ0n) is 22.3. The van der Waals surface area contributed by atoms with Gasteiger partial charge in [-0.25, -0.2) is 8.42 Å². The molecule has 198 valence electrons. The van der Waals surface area contributed by atoms with Crippen LogP contribution in [-0.4, -0.2) is 63.7 Å². The molecule has 2 aromatic rings. The number of ether oxygens (including phenoxy) is 2. The highest BCUT2D eigenvalue weighted by atomic mass is 32.2. The summed E-state index contributed by atoms with van der Waals surface area (Å²) in [6.07, 6.45) is 1.02. The predicted molar refractivity (Wildman–Crippen MR) is 141 cm³/mol. The Labute approximate surface area is 214 Å². The molecule has 0 saturated carbocycles. The van der Waals surface area contributed by atoms with E-state index in [2.05, 4.69) is 5.32 Å². The Morgan fingerprint density at radius 3 is 2.14 bits per heavy atom. The summed E-state index contributed by atoms with van der Waals surface area (Å²) in [4.78, 5) is 28.0. The molecule has 2 amide bonds. The van der Waals surface area contributed by atoms with E-state index in [-0.39, 0.29) is 23.9 Å². The van der Waals surface area contributed by atoms with Crippen LogP contribution < -0.4 is 19.1 Å². The minimum absolute atomic E-state index is 0.134. The Bertz CT molecular complexity index is 1170. The fourth-order valence-corrected chi connectivity index (χ4v) is 4.39. The first-order chi connectivity index (χ1) is 16.7. The van der Waals surface area contributed by atoms with Gasteiger partial charge in [-0.3, -0.25) is 13.9 Å². The number of amides is 2. The quantitative estimate of drug-likeness (QED) is 0.517. The summed E-state index contributed by atoms with van der Waals surface area (Å²) in [7, 11) is -0.996. The summed E-state index contributed by atoms with van der Waals surface area (Å²) >= 11 is 0. The largest absolute Gasteiger partial charge is 0.497 e. The molecule has 1 N–H and O–H groups in total. The van der Waals surface area contributed by atoms with Gasteiger partial charge in [-0.2, -0.15) is 0 Å². The fourth-order valence-electron chi connectivity index (χ4n) is 3.53. The maximum atomic E-state index is 13.7. The van der Waals surface area contributed by atoms with Gasteiger partial charge in [0.15, 0.2) is 0 Å². The van der Waals surface area contributed by atoms with Crippen molar-refractivity contribution < 1.29 is 27.5 Å². The van der Waals surface area contributed by atoms with Crippen molar-refractivity contribution in [3.05, 3.63) is 53.6 Å². The lowest BCUT2D eigenvalue weighted by molar-refractivity contribution is -0.140. The standard InChI is InChI=1S/C26H37N3O6S/c1-18-9-11-20(12-10-18)16-28(19(2)25(31)27-26(3,4)5)24(30)17-29(36(8,32)33)22-14-13-21(34-6)15-23(22)35-7/h9-15,19H,16-17H2,1-8H3,(H,27,31)/t19-/m1/s1. The third-order valence-electron chi connectivity index (χ3n) is 5.47. The van der Waals surface area contributed by atoms with Crippen LogP contribution in [0.15, 0.2) is 42.5 Å². The maximum Gasteiger partial charge on any atom is 0.244 e. The van der Waals surface area contributed by atoms with Crippen LogP contribution in [0, 0.1) is 6.92 Å². The molecular formula is C26H37N3O6S. The summed E-state index contributed by atoms with van der Waals surface area (Å²) in [5, 5.41) is 2.90. The molecule has 36 heavy (non-hydrogen) atoms. The molecule has 0 aliphatic rings. The molecular weight excluding hydrogens is 482 g/mol. The van der Waals surface area contributed by atoms with Gasteiger partial charge in [0.25, 0.3) is 0 Å². The smallest absolute Gasteiger partial charge is 0.244 e. The highest BCUT2D eigenvalue weighted by Crippen LogP contribution is 2.33. The minimum Gasteiger partial charge on any atom is -0.497 e. The molecule has 0 heterocycles. The van der Waals surface area contributed by atoms with Crippen molar-refractivity contribution >= 4 is 27.5 Å². The molecule has 0 bridgehead atoms. The van der Waals surface area contributed by atoms with Gasteiger partial charge in [-0.15, -0.1) is 0 Å². The Kier molecular flexibility index (Phi) is 9.37. The molecule has 2 rings (SSSR count). The minimum atomic E-state index is -3.89. The number of hydrogen-bond donors (Lipinski definition) is 1. The number of hydrogen-bond acceptors (Lipinski definition) is 6. The van der Waals surface area contributed by atoms with E-state index in [0.717, 1.165) is 21.7 Å². The van der Waals surface area contributed by atoms with E-state index in [1.807, 2.05) is 52.0 Å². The van der Waals surface area contributed by atoms with Crippen LogP contribution in [0.2, 0.25) is 0 Å². The van der Waals surface area contributed by atoms with Gasteiger partial charge in [0.1, 0.15) is 24.1 Å². The van der Waals surface area contributed by atoms with Gasteiger partial charge in [-0.05, 0) is 52.3 Å². The summed E-state index contributed by atoms with van der Waals surface area (Å²) in [5.41, 5.74) is 1.57. The van der Waals surface area contributed by atoms with E-state index >= 15 is 0 Å². The molecule has 2 aromatic carbocycles. The van der Waals surface area contributed by atoms with Crippen LogP contribution in [0.5, 0.6) is 11.5 Å². The van der Waals surface area contributed by atoms with Crippen molar-refractivity contribution in [2.45, 2.75) is 52.7 Å². The molecule has 0 radical (unpaired) electrons. The molecule has 1 atom stereocenters. The van der Waals surface area contributed by atoms with Crippen molar-refractivity contribution in [1.29, 1.82) is 0 Å². The predicted octanol–water partition coefficient (Wildman–Crippen LogP) is 3.11. The van der Waals surface area contributed by atoms with Gasteiger partial charge >= 0.3 is 0 Å². The SMILES string of the molecule is COc1ccc(N(CC(=O)N(Cc2ccc(C)cc2)[C@H](C)C(=O)NC(C)(C)C)S(C)(=O)=O)c(OC)c1. The van der Waals surface area contributed by atoms with E-state index in [1.54, 1.807) is 19.1 Å². The average Bonchev–Trinajstić information content (AvgIpc) is 2.79. The van der Waals surface area contributed by atoms with E-state index in [1.165, 1.54) is 25.2 Å². The second-order valence-corrected chi connectivity index (χ2v) is 11.6. The number of rotatable bonds is 10. The molecule has 0 aliphatic heterocycles. The van der Waals surface area contributed by atoms with Gasteiger partial charge in [0.05, 0.1) is 26.2 Å². The zero-order valence-corrected chi connectivity index (χ0v) is 23.1. The number of aryl methyl sites for hydroxylation is 1. The lowest BCUT2D eigenvalue weighted by Crippen LogP contribution is -2.54. The molecule has 0 fully saturated rings. The van der Waals surface area contributed by atoms with E-state index in [4.69, 9.17) is 9.47 Å². The summed E-state index contributed by atoms with van der Waals surface area (Å²) in [6.45, 7) is 8.77. The van der Waals surface area contributed by atoms with Crippen molar-refractivity contribution in [3.63, 3.8) is 0 Å². The highest BCUT2D eigenvalue weighted by molar-refractivity contribution is 7.92. The van der Waals surface area contributed by atoms with Gasteiger partial charge < -0.3 is 19.7 Å². The van der Waals surface area contributed by atoms with Gasteiger partial charge in [0, 0.05) is 18.2 Å². The van der Waals surface area contributed by atoms with Gasteiger partial charge in [0.2, 0.25) is 21.8 Å². The summed E-state index contributed by atoms with van der Waals surface area (Å²) in [6, 6.07) is 11.4. The lowest BCUT2D eigenvalue weighted by atomic mass is 10.1. The first kappa shape index (κ1) is 29.0. The number of nitrogens with one attached hydrogen (secondary N) is 1. The number of carbonyl (C=O) groups is 2. The van der Waals surface area contributed by atoms with Crippen LogP contribution in [0.4, 0.5) is 5.69 Å². The zero-order chi connectivity index (χ0) is 27.3. The third-order valence-corrected chi connectivity index (χ3v) is 6.60. The molecule has 0 aromatic heterocycles. The van der Waals surface area contributed by atoms with Crippen LogP contribution in [0.25, 0.3) is 0 Å². The Morgan fingerprint density at radius 2 is 1.64 bits per heavy atom. The maximum absolute atomic E-state index is 13.7. The van der Waals surface area contributed by atoms with Gasteiger partial charge in [-0.1, -0.05) is 29.8 Å². The molecule has 10 heteroatoms. The molecule has 0 aliphatic carbocycles. The molecule has 0 saturated heterocycles. The highest BCUT2D eigenvalue weighted by Gasteiger charge is 2.32. The Morgan fingerprint density at radius 1 is 1.03 bits per heavy atom. The van der Waals surface area contributed by atoms with Crippen molar-refractivity contribution in [3.8, 4) is 11.5 Å². The Hall–Kier alpha value is -3.27. The van der Waals surface area contributed by atoms with Crippen LogP contribution in [-0.2, 0) is 26.2 Å². The van der Waals surface area contributed by atoms with Crippen molar-refractivity contribution in [1.82, 2.24) is 10.2 Å². The Balaban J connectivity index is 2.47. The van der Waals surface area contributed by atoms with Crippen LogP contribution in [0.3, 0.4) is 0 Å². The first-order valence-electron chi connectivity index (χ1n) is 11.5. The molecule has 0 unspecified atom stereocenters. The van der Waals surface area contributed by atoms with Crippen LogP contribution in [0.1, 0.15) is 38.8 Å². The molecule has 9 nitrogen and oxygen atoms in total. The lowest BCUT2D eigenvalue weighted by Gasteiger charge is -2.33. The fraction of sp³-hybridized carbons (Fsp3) is 0.462. The average molecular weight is 520 g/mol. The number of anilines is 1. The van der Waals surface area contributed by atoms with Crippen LogP contribution >= 0.6 is 0 Å². The van der Waals surface area contributed by atoms with Crippen molar-refractivity contribution in [2.75, 3.05) is 31.3 Å². The summed E-state index contributed by atoms with van der Waals surface area (Å²) in [5.74, 6) is -0.161. The molecule has 0 spiro atoms. The number of methoxy groups -OCH3 is 2. The van der Waals surface area contributed by atoms with E-state index in [9.17, 15) is 18.0 Å². The second-order valence-electron chi connectivity index (χ2n) is 9.73. The topological polar surface area (TPSA) is 105 Å². The number of benzene rings is 2. The van der Waals surface area contributed by atoms with Crippen molar-refractivity contribution in [2.24, 2.45) is 0 Å². The first-order valence-corrected chi connectivity index (χ1v) is 13.4. The normalized spacial score (nSPS) is 12.4. The number of nitrogens with zero attached hydrogens (tertiary/aromatic N) is 2. The summed E-state index contributed by atoms with van der Waals surface area (Å²) < 4.78 is 37.1. The monoisotopic (exact) mass is 519 g/mol. The third kappa shape index (κ3) is 7.87. The number of sulfonamides is 1. The van der Waals surface area contributed by atoms with E-state index < -0.39 is 34.1 Å².